The van der Waals surface area contributed by atoms with E-state index in [1.54, 1.807) is 0 Å². The highest BCUT2D eigenvalue weighted by atomic mass is 16.3. The van der Waals surface area contributed by atoms with Crippen molar-refractivity contribution in [3.05, 3.63) is 200 Å². The first kappa shape index (κ1) is 34.5. The molecular weight excluding hydrogens is 759 g/mol. The molecule has 10 aromatic carbocycles. The summed E-state index contributed by atoms with van der Waals surface area (Å²) in [5, 5.41) is 11.9. The summed E-state index contributed by atoms with van der Waals surface area (Å²) in [5.41, 5.74) is 10.4. The Balaban J connectivity index is 0.942. The molecule has 0 amide bonds. The topological polar surface area (TPSA) is 65.0 Å². The van der Waals surface area contributed by atoms with E-state index < -0.39 is 0 Å². The van der Waals surface area contributed by atoms with Crippen LogP contribution < -0.4 is 0 Å². The second kappa shape index (κ2) is 13.6. The van der Waals surface area contributed by atoms with E-state index in [0.29, 0.717) is 17.5 Å². The minimum Gasteiger partial charge on any atom is -0.456 e. The number of para-hydroxylation sites is 1. The van der Waals surface area contributed by atoms with Crippen molar-refractivity contribution in [1.29, 1.82) is 0 Å². The smallest absolute Gasteiger partial charge is 0.164 e. The minimum absolute atomic E-state index is 0.576. The lowest BCUT2D eigenvalue weighted by molar-refractivity contribution is 0.668. The third-order valence-corrected chi connectivity index (χ3v) is 12.3. The number of rotatable bonds is 5. The highest BCUT2D eigenvalue weighted by Gasteiger charge is 2.18. The van der Waals surface area contributed by atoms with E-state index in [-0.39, 0.29) is 0 Å². The van der Waals surface area contributed by atoms with E-state index in [9.17, 15) is 0 Å². The summed E-state index contributed by atoms with van der Waals surface area (Å²) in [7, 11) is 0. The molecule has 0 aliphatic carbocycles. The Labute approximate surface area is 355 Å². The molecule has 288 valence electrons. The largest absolute Gasteiger partial charge is 0.456 e. The molecule has 0 radical (unpaired) electrons. The average Bonchev–Trinajstić information content (AvgIpc) is 3.92. The molecule has 0 fully saturated rings. The minimum atomic E-state index is 0.576. The summed E-state index contributed by atoms with van der Waals surface area (Å²) in [5.74, 6) is 1.77. The second-order valence-electron chi connectivity index (χ2n) is 15.9. The van der Waals surface area contributed by atoms with Crippen LogP contribution in [0.3, 0.4) is 0 Å². The van der Waals surface area contributed by atoms with Crippen LogP contribution in [-0.2, 0) is 0 Å². The average molecular weight is 792 g/mol. The van der Waals surface area contributed by atoms with E-state index in [0.717, 1.165) is 82.8 Å². The molecule has 13 aromatic rings. The number of benzene rings is 10. The molecule has 62 heavy (non-hydrogen) atoms. The number of fused-ring (bicyclic) bond motifs is 12. The number of nitrogens with zero attached hydrogens (tertiary/aromatic N) is 3. The first-order chi connectivity index (χ1) is 30.7. The van der Waals surface area contributed by atoms with Gasteiger partial charge in [-0.25, -0.2) is 15.0 Å². The maximum atomic E-state index is 6.53. The molecule has 0 saturated heterocycles. The molecule has 3 aromatic heterocycles. The van der Waals surface area contributed by atoms with Gasteiger partial charge >= 0.3 is 0 Å². The van der Waals surface area contributed by atoms with Crippen LogP contribution in [0.1, 0.15) is 0 Å². The number of furan rings is 2. The predicted octanol–water partition coefficient (Wildman–Crippen LogP) is 15.5. The Morgan fingerprint density at radius 2 is 0.710 bits per heavy atom. The SMILES string of the molecule is c1ccc(-c2nc(-c3cccc(-c4cccc5oc6ccc(-c7ccc8c9ccccc9c9ccccc9c8c7)cc6c45)c3)nc(-c3ccc4c(c3)oc3ccccc34)n2)cc1. The Bertz CT molecular complexity index is 3900. The molecule has 0 spiro atoms. The molecule has 0 N–H and O–H groups in total. The Morgan fingerprint density at radius 3 is 1.47 bits per heavy atom. The van der Waals surface area contributed by atoms with Crippen molar-refractivity contribution in [2.24, 2.45) is 0 Å². The van der Waals surface area contributed by atoms with Gasteiger partial charge in [0.15, 0.2) is 17.5 Å². The van der Waals surface area contributed by atoms with Crippen molar-refractivity contribution in [3.63, 3.8) is 0 Å². The van der Waals surface area contributed by atoms with Crippen LogP contribution in [0.5, 0.6) is 0 Å². The Kier molecular flexibility index (Phi) is 7.54. The lowest BCUT2D eigenvalue weighted by Crippen LogP contribution is -2.00. The third-order valence-electron chi connectivity index (χ3n) is 12.3. The Morgan fingerprint density at radius 1 is 0.242 bits per heavy atom. The first-order valence-electron chi connectivity index (χ1n) is 20.8. The summed E-state index contributed by atoms with van der Waals surface area (Å²) in [6.07, 6.45) is 0. The fraction of sp³-hybridized carbons (Fsp3) is 0. The third kappa shape index (κ3) is 5.45. The van der Waals surface area contributed by atoms with Crippen molar-refractivity contribution in [1.82, 2.24) is 15.0 Å². The lowest BCUT2D eigenvalue weighted by atomic mass is 9.91. The molecule has 3 heterocycles. The van der Waals surface area contributed by atoms with Gasteiger partial charge in [-0.3, -0.25) is 0 Å². The fourth-order valence-corrected chi connectivity index (χ4v) is 9.38. The molecule has 5 heteroatoms. The zero-order chi connectivity index (χ0) is 40.7. The van der Waals surface area contributed by atoms with Crippen molar-refractivity contribution in [3.8, 4) is 56.4 Å². The zero-order valence-electron chi connectivity index (χ0n) is 33.2. The fourth-order valence-electron chi connectivity index (χ4n) is 9.38. The molecule has 0 saturated carbocycles. The predicted molar refractivity (Wildman–Crippen MR) is 254 cm³/mol. The monoisotopic (exact) mass is 791 g/mol. The van der Waals surface area contributed by atoms with Gasteiger partial charge in [0, 0.05) is 38.2 Å². The van der Waals surface area contributed by atoms with Crippen LogP contribution >= 0.6 is 0 Å². The van der Waals surface area contributed by atoms with Crippen molar-refractivity contribution >= 4 is 76.2 Å². The van der Waals surface area contributed by atoms with Crippen LogP contribution in [0.25, 0.3) is 133 Å². The maximum Gasteiger partial charge on any atom is 0.164 e. The summed E-state index contributed by atoms with van der Waals surface area (Å²) in [6, 6.07) is 70.0. The molecule has 5 nitrogen and oxygen atoms in total. The van der Waals surface area contributed by atoms with E-state index in [1.165, 1.54) is 32.3 Å². The summed E-state index contributed by atoms with van der Waals surface area (Å²) in [4.78, 5) is 15.2. The first-order valence-corrected chi connectivity index (χ1v) is 20.8. The van der Waals surface area contributed by atoms with Crippen LogP contribution in [0.15, 0.2) is 209 Å². The highest BCUT2D eigenvalue weighted by molar-refractivity contribution is 6.26. The highest BCUT2D eigenvalue weighted by Crippen LogP contribution is 2.42. The van der Waals surface area contributed by atoms with E-state index in [4.69, 9.17) is 23.8 Å². The molecule has 0 atom stereocenters. The van der Waals surface area contributed by atoms with E-state index >= 15 is 0 Å². The number of aromatic nitrogens is 3. The van der Waals surface area contributed by atoms with Gasteiger partial charge in [-0.1, -0.05) is 152 Å². The van der Waals surface area contributed by atoms with E-state index in [2.05, 4.69) is 146 Å². The van der Waals surface area contributed by atoms with Crippen LogP contribution in [0, 0.1) is 0 Å². The van der Waals surface area contributed by atoms with Crippen molar-refractivity contribution in [2.45, 2.75) is 0 Å². The number of hydrogen-bond acceptors (Lipinski definition) is 5. The zero-order valence-corrected chi connectivity index (χ0v) is 33.2. The molecule has 13 rings (SSSR count). The van der Waals surface area contributed by atoms with Gasteiger partial charge in [-0.15, -0.1) is 0 Å². The molecular formula is C57H33N3O2. The molecule has 0 aliphatic rings. The van der Waals surface area contributed by atoms with Gasteiger partial charge in [-0.2, -0.15) is 0 Å². The molecule has 0 aliphatic heterocycles. The lowest BCUT2D eigenvalue weighted by Gasteiger charge is -2.12. The quantitative estimate of drug-likeness (QED) is 0.162. The normalized spacial score (nSPS) is 11.9. The van der Waals surface area contributed by atoms with Gasteiger partial charge in [0.25, 0.3) is 0 Å². The van der Waals surface area contributed by atoms with Crippen LogP contribution in [0.2, 0.25) is 0 Å². The Hall–Kier alpha value is -8.41. The van der Waals surface area contributed by atoms with Gasteiger partial charge < -0.3 is 8.83 Å². The summed E-state index contributed by atoms with van der Waals surface area (Å²) in [6.45, 7) is 0. The summed E-state index contributed by atoms with van der Waals surface area (Å²) >= 11 is 0. The van der Waals surface area contributed by atoms with E-state index in [1.807, 2.05) is 54.6 Å². The summed E-state index contributed by atoms with van der Waals surface area (Å²) < 4.78 is 12.8. The van der Waals surface area contributed by atoms with Crippen LogP contribution in [-0.4, -0.2) is 15.0 Å². The van der Waals surface area contributed by atoms with Crippen LogP contribution in [0.4, 0.5) is 0 Å². The molecule has 0 bridgehead atoms. The molecule has 0 unspecified atom stereocenters. The van der Waals surface area contributed by atoms with Gasteiger partial charge in [-0.05, 0) is 103 Å². The van der Waals surface area contributed by atoms with Gasteiger partial charge in [0.2, 0.25) is 0 Å². The van der Waals surface area contributed by atoms with Gasteiger partial charge in [0.1, 0.15) is 22.3 Å². The number of hydrogen-bond donors (Lipinski definition) is 0. The van der Waals surface area contributed by atoms with Crippen molar-refractivity contribution in [2.75, 3.05) is 0 Å². The van der Waals surface area contributed by atoms with Crippen molar-refractivity contribution < 1.29 is 8.83 Å². The maximum absolute atomic E-state index is 6.53. The van der Waals surface area contributed by atoms with Gasteiger partial charge in [0.05, 0.1) is 0 Å². The second-order valence-corrected chi connectivity index (χ2v) is 15.9. The standard InChI is InChI=1S/C57H33N3O2/c1-2-12-34(13-3-1)55-58-56(60-57(59-55)39-25-28-47-46-20-8-9-22-50(46)62-53(47)33-39)38-15-10-14-37(30-38)40-21-11-23-52-54(40)49-32-36(26-29-51(49)61-52)35-24-27-45-43-18-5-4-16-41(43)42-17-6-7-19-44(42)48(45)31-35/h1-33H.